The van der Waals surface area contributed by atoms with Gasteiger partial charge in [-0.2, -0.15) is 0 Å². The van der Waals surface area contributed by atoms with Gasteiger partial charge in [0.2, 0.25) is 0 Å². The van der Waals surface area contributed by atoms with Crippen LogP contribution in [0.15, 0.2) is 0 Å². The zero-order chi connectivity index (χ0) is 15.3. The first-order valence-electron chi connectivity index (χ1n) is 7.84. The van der Waals surface area contributed by atoms with E-state index >= 15 is 0 Å². The van der Waals surface area contributed by atoms with Gasteiger partial charge in [-0.1, -0.05) is 6.92 Å². The van der Waals surface area contributed by atoms with E-state index in [4.69, 9.17) is 4.74 Å². The molecule has 0 bridgehead atoms. The highest BCUT2D eigenvalue weighted by atomic mass is 16.6. The first kappa shape index (κ1) is 19.2. The second-order valence-corrected chi connectivity index (χ2v) is 5.95. The Kier molecular flexibility index (Phi) is 11.5. The highest BCUT2D eigenvalue weighted by molar-refractivity contribution is 5.67. The van der Waals surface area contributed by atoms with Crippen molar-refractivity contribution in [3.05, 3.63) is 0 Å². The van der Waals surface area contributed by atoms with Gasteiger partial charge in [0.05, 0.1) is 0 Å². The molecule has 0 saturated heterocycles. The van der Waals surface area contributed by atoms with Crippen LogP contribution in [0.4, 0.5) is 4.79 Å². The monoisotopic (exact) mass is 287 g/mol. The number of amides is 1. The fraction of sp³-hybridized carbons (Fsp3) is 0.933. The Bertz CT molecular complexity index is 240. The number of nitrogens with one attached hydrogen (secondary N) is 3. The summed E-state index contributed by atoms with van der Waals surface area (Å²) in [6.07, 6.45) is 4.16. The molecule has 0 atom stereocenters. The second-order valence-electron chi connectivity index (χ2n) is 5.95. The van der Waals surface area contributed by atoms with Crippen molar-refractivity contribution < 1.29 is 9.53 Å². The molecule has 0 radical (unpaired) electrons. The lowest BCUT2D eigenvalue weighted by Crippen LogP contribution is -2.33. The SMILES string of the molecule is CCNCCCCNCCCCNC(=O)OC(C)(C)C. The lowest BCUT2D eigenvalue weighted by molar-refractivity contribution is 0.0527. The van der Waals surface area contributed by atoms with Gasteiger partial charge < -0.3 is 20.7 Å². The molecule has 20 heavy (non-hydrogen) atoms. The van der Waals surface area contributed by atoms with E-state index in [0.717, 1.165) is 39.0 Å². The van der Waals surface area contributed by atoms with Gasteiger partial charge in [0.15, 0.2) is 0 Å². The summed E-state index contributed by atoms with van der Waals surface area (Å²) in [4.78, 5) is 11.4. The van der Waals surface area contributed by atoms with E-state index < -0.39 is 5.60 Å². The molecule has 0 aromatic rings. The molecule has 0 saturated carbocycles. The normalized spacial score (nSPS) is 11.4. The molecule has 120 valence electrons. The lowest BCUT2D eigenvalue weighted by Gasteiger charge is -2.19. The molecule has 0 heterocycles. The van der Waals surface area contributed by atoms with Crippen molar-refractivity contribution in [2.75, 3.05) is 32.7 Å². The molecule has 0 aromatic carbocycles. The third kappa shape index (κ3) is 15.2. The van der Waals surface area contributed by atoms with Crippen molar-refractivity contribution in [1.29, 1.82) is 0 Å². The number of rotatable bonds is 11. The summed E-state index contributed by atoms with van der Waals surface area (Å²) >= 11 is 0. The van der Waals surface area contributed by atoms with Crippen LogP contribution < -0.4 is 16.0 Å². The van der Waals surface area contributed by atoms with Crippen LogP contribution in [0, 0.1) is 0 Å². The van der Waals surface area contributed by atoms with Gasteiger partial charge in [0.1, 0.15) is 5.60 Å². The van der Waals surface area contributed by atoms with Gasteiger partial charge in [-0.25, -0.2) is 4.79 Å². The smallest absolute Gasteiger partial charge is 0.407 e. The molecule has 5 heteroatoms. The van der Waals surface area contributed by atoms with E-state index in [1.165, 1.54) is 12.8 Å². The molecule has 0 unspecified atom stereocenters. The van der Waals surface area contributed by atoms with Crippen LogP contribution in [-0.2, 0) is 4.74 Å². The van der Waals surface area contributed by atoms with Crippen LogP contribution in [0.2, 0.25) is 0 Å². The van der Waals surface area contributed by atoms with Crippen LogP contribution in [0.25, 0.3) is 0 Å². The highest BCUT2D eigenvalue weighted by Crippen LogP contribution is 2.06. The summed E-state index contributed by atoms with van der Waals surface area (Å²) in [5, 5.41) is 9.50. The Balaban J connectivity index is 3.19. The maximum atomic E-state index is 11.4. The van der Waals surface area contributed by atoms with E-state index in [9.17, 15) is 4.79 Å². The number of carbonyl (C=O) groups is 1. The molecular weight excluding hydrogens is 254 g/mol. The summed E-state index contributed by atoms with van der Waals surface area (Å²) in [6, 6.07) is 0. The summed E-state index contributed by atoms with van der Waals surface area (Å²) in [7, 11) is 0. The topological polar surface area (TPSA) is 62.4 Å². The number of carbonyl (C=O) groups excluding carboxylic acids is 1. The van der Waals surface area contributed by atoms with Crippen LogP contribution in [-0.4, -0.2) is 44.4 Å². The fourth-order valence-corrected chi connectivity index (χ4v) is 1.68. The van der Waals surface area contributed by atoms with Crippen molar-refractivity contribution in [1.82, 2.24) is 16.0 Å². The van der Waals surface area contributed by atoms with Crippen molar-refractivity contribution in [2.24, 2.45) is 0 Å². The van der Waals surface area contributed by atoms with Crippen molar-refractivity contribution in [3.8, 4) is 0 Å². The van der Waals surface area contributed by atoms with Gasteiger partial charge >= 0.3 is 6.09 Å². The molecule has 0 aromatic heterocycles. The fourth-order valence-electron chi connectivity index (χ4n) is 1.68. The van der Waals surface area contributed by atoms with Crippen molar-refractivity contribution in [2.45, 2.75) is 59.0 Å². The standard InChI is InChI=1S/C15H33N3O2/c1-5-16-10-6-7-11-17-12-8-9-13-18-14(19)20-15(2,3)4/h16-17H,5-13H2,1-4H3,(H,18,19). The van der Waals surface area contributed by atoms with Crippen LogP contribution in [0.1, 0.15) is 53.4 Å². The summed E-state index contributed by atoms with van der Waals surface area (Å²) in [5.74, 6) is 0. The Hall–Kier alpha value is -0.810. The second kappa shape index (κ2) is 12.0. The minimum absolute atomic E-state index is 0.325. The number of alkyl carbamates (subject to hydrolysis) is 1. The van der Waals surface area contributed by atoms with Crippen LogP contribution in [0.5, 0.6) is 0 Å². The third-order valence-corrected chi connectivity index (χ3v) is 2.66. The summed E-state index contributed by atoms with van der Waals surface area (Å²) in [6.45, 7) is 12.7. The minimum Gasteiger partial charge on any atom is -0.444 e. The first-order valence-corrected chi connectivity index (χ1v) is 7.84. The molecule has 0 aliphatic heterocycles. The molecular formula is C15H33N3O2. The molecule has 0 fully saturated rings. The zero-order valence-corrected chi connectivity index (χ0v) is 13.7. The zero-order valence-electron chi connectivity index (χ0n) is 13.7. The van der Waals surface area contributed by atoms with Gasteiger partial charge in [-0.3, -0.25) is 0 Å². The molecule has 0 aliphatic rings. The largest absolute Gasteiger partial charge is 0.444 e. The van der Waals surface area contributed by atoms with Gasteiger partial charge in [-0.05, 0) is 72.6 Å². The van der Waals surface area contributed by atoms with Gasteiger partial charge in [0.25, 0.3) is 0 Å². The molecule has 3 N–H and O–H groups in total. The molecule has 0 spiro atoms. The number of hydrogen-bond donors (Lipinski definition) is 3. The maximum Gasteiger partial charge on any atom is 0.407 e. The van der Waals surface area contributed by atoms with Crippen LogP contribution in [0.3, 0.4) is 0 Å². The lowest BCUT2D eigenvalue weighted by atomic mass is 10.2. The Morgan fingerprint density at radius 1 is 0.900 bits per heavy atom. The predicted octanol–water partition coefficient (Wildman–Crippen LogP) is 2.27. The average molecular weight is 287 g/mol. The van der Waals surface area contributed by atoms with Crippen molar-refractivity contribution >= 4 is 6.09 Å². The Morgan fingerprint density at radius 3 is 1.90 bits per heavy atom. The number of ether oxygens (including phenoxy) is 1. The van der Waals surface area contributed by atoms with E-state index in [1.807, 2.05) is 20.8 Å². The molecule has 1 amide bonds. The predicted molar refractivity (Wildman–Crippen MR) is 84.1 cm³/mol. The maximum absolute atomic E-state index is 11.4. The Labute approximate surface area is 124 Å². The van der Waals surface area contributed by atoms with Crippen LogP contribution >= 0.6 is 0 Å². The summed E-state index contributed by atoms with van der Waals surface area (Å²) in [5.41, 5.74) is -0.418. The van der Waals surface area contributed by atoms with Crippen molar-refractivity contribution in [3.63, 3.8) is 0 Å². The number of unbranched alkanes of at least 4 members (excludes halogenated alkanes) is 2. The minimum atomic E-state index is -0.418. The Morgan fingerprint density at radius 2 is 1.40 bits per heavy atom. The van der Waals surface area contributed by atoms with Gasteiger partial charge in [-0.15, -0.1) is 0 Å². The van der Waals surface area contributed by atoms with E-state index in [2.05, 4.69) is 22.9 Å². The quantitative estimate of drug-likeness (QED) is 0.510. The third-order valence-electron chi connectivity index (χ3n) is 2.66. The van der Waals surface area contributed by atoms with E-state index in [1.54, 1.807) is 0 Å². The first-order chi connectivity index (χ1) is 9.45. The number of hydrogen-bond acceptors (Lipinski definition) is 4. The van der Waals surface area contributed by atoms with E-state index in [-0.39, 0.29) is 6.09 Å². The molecule has 0 rings (SSSR count). The molecule has 0 aliphatic carbocycles. The highest BCUT2D eigenvalue weighted by Gasteiger charge is 2.15. The van der Waals surface area contributed by atoms with E-state index in [0.29, 0.717) is 6.54 Å². The summed E-state index contributed by atoms with van der Waals surface area (Å²) < 4.78 is 5.16. The average Bonchev–Trinajstić information content (AvgIpc) is 2.34. The molecule has 5 nitrogen and oxygen atoms in total. The van der Waals surface area contributed by atoms with Gasteiger partial charge in [0, 0.05) is 6.54 Å².